The van der Waals surface area contributed by atoms with Gasteiger partial charge in [0.1, 0.15) is 11.1 Å². The van der Waals surface area contributed by atoms with Gasteiger partial charge in [0, 0.05) is 9.86 Å². The van der Waals surface area contributed by atoms with Crippen LogP contribution in [0.4, 0.5) is 0 Å². The predicted molar refractivity (Wildman–Crippen MR) is 92.5 cm³/mol. The Morgan fingerprint density at radius 1 is 1.13 bits per heavy atom. The second-order valence-corrected chi connectivity index (χ2v) is 6.15. The van der Waals surface area contributed by atoms with E-state index in [0.717, 1.165) is 10.0 Å². The van der Waals surface area contributed by atoms with Gasteiger partial charge in [0.2, 0.25) is 0 Å². The monoisotopic (exact) mass is 371 g/mol. The maximum absolute atomic E-state index is 12.4. The number of hydrogen-bond donors (Lipinski definition) is 1. The smallest absolute Gasteiger partial charge is 0.349 e. The summed E-state index contributed by atoms with van der Waals surface area (Å²) in [4.78, 5) is 24.4. The van der Waals surface area contributed by atoms with Gasteiger partial charge in [-0.25, -0.2) is 4.79 Å². The van der Waals surface area contributed by atoms with Crippen molar-refractivity contribution in [3.63, 3.8) is 0 Å². The van der Waals surface area contributed by atoms with Crippen molar-refractivity contribution in [3.05, 3.63) is 80.6 Å². The molecule has 0 aliphatic heterocycles. The number of para-hydroxylation sites is 1. The number of hydrogen-bond acceptors (Lipinski definition) is 3. The summed E-state index contributed by atoms with van der Waals surface area (Å²) < 4.78 is 6.16. The van der Waals surface area contributed by atoms with Crippen molar-refractivity contribution in [2.75, 3.05) is 0 Å². The first-order valence-corrected chi connectivity index (χ1v) is 7.93. The molecule has 0 aliphatic carbocycles. The van der Waals surface area contributed by atoms with Crippen LogP contribution in [-0.4, -0.2) is 5.91 Å². The van der Waals surface area contributed by atoms with E-state index in [1.54, 1.807) is 24.3 Å². The first-order valence-electron chi connectivity index (χ1n) is 7.14. The van der Waals surface area contributed by atoms with Crippen LogP contribution in [0.2, 0.25) is 0 Å². The Bertz CT molecular complexity index is 915. The number of amides is 1. The fraction of sp³-hybridized carbons (Fsp3) is 0.111. The standard InChI is InChI=1S/C18H14BrNO3/c1-11(12-6-8-14(19)9-7-12)20-17(21)15-10-13-4-2-3-5-16(13)23-18(15)22/h2-11H,1H3,(H,20,21). The van der Waals surface area contributed by atoms with E-state index in [2.05, 4.69) is 21.2 Å². The molecule has 3 aromatic rings. The van der Waals surface area contributed by atoms with Gasteiger partial charge in [-0.1, -0.05) is 46.3 Å². The van der Waals surface area contributed by atoms with Crippen LogP contribution in [0, 0.1) is 0 Å². The van der Waals surface area contributed by atoms with Crippen molar-refractivity contribution in [2.45, 2.75) is 13.0 Å². The lowest BCUT2D eigenvalue weighted by Gasteiger charge is -2.14. The van der Waals surface area contributed by atoms with Gasteiger partial charge in [0.05, 0.1) is 6.04 Å². The third-order valence-corrected chi connectivity index (χ3v) is 4.13. The molecular weight excluding hydrogens is 358 g/mol. The third-order valence-electron chi connectivity index (χ3n) is 3.60. The number of rotatable bonds is 3. The van der Waals surface area contributed by atoms with Crippen molar-refractivity contribution < 1.29 is 9.21 Å². The van der Waals surface area contributed by atoms with E-state index < -0.39 is 11.5 Å². The average Bonchev–Trinajstić information content (AvgIpc) is 2.54. The lowest BCUT2D eigenvalue weighted by Crippen LogP contribution is -2.30. The summed E-state index contributed by atoms with van der Waals surface area (Å²) in [5.41, 5.74) is 0.790. The molecule has 23 heavy (non-hydrogen) atoms. The molecule has 0 saturated carbocycles. The summed E-state index contributed by atoms with van der Waals surface area (Å²) in [6, 6.07) is 16.1. The van der Waals surface area contributed by atoms with Crippen molar-refractivity contribution in [2.24, 2.45) is 0 Å². The maximum atomic E-state index is 12.4. The second-order valence-electron chi connectivity index (χ2n) is 5.23. The van der Waals surface area contributed by atoms with Gasteiger partial charge in [-0.2, -0.15) is 0 Å². The van der Waals surface area contributed by atoms with Gasteiger partial charge in [-0.15, -0.1) is 0 Å². The fourth-order valence-electron chi connectivity index (χ4n) is 2.33. The lowest BCUT2D eigenvalue weighted by atomic mass is 10.1. The van der Waals surface area contributed by atoms with Crippen molar-refractivity contribution >= 4 is 32.8 Å². The molecule has 1 aromatic heterocycles. The average molecular weight is 372 g/mol. The molecule has 0 radical (unpaired) electrons. The van der Waals surface area contributed by atoms with Crippen LogP contribution in [0.1, 0.15) is 28.9 Å². The minimum atomic E-state index is -0.635. The molecule has 1 atom stereocenters. The van der Waals surface area contributed by atoms with E-state index in [1.807, 2.05) is 37.3 Å². The van der Waals surface area contributed by atoms with E-state index in [-0.39, 0.29) is 11.6 Å². The summed E-state index contributed by atoms with van der Waals surface area (Å²) in [6.07, 6.45) is 0. The molecule has 3 rings (SSSR count). The number of fused-ring (bicyclic) bond motifs is 1. The van der Waals surface area contributed by atoms with Gasteiger partial charge >= 0.3 is 5.63 Å². The molecule has 5 heteroatoms. The highest BCUT2D eigenvalue weighted by Gasteiger charge is 2.16. The Morgan fingerprint density at radius 2 is 1.83 bits per heavy atom. The zero-order valence-corrected chi connectivity index (χ0v) is 14.0. The number of nitrogens with one attached hydrogen (secondary N) is 1. The zero-order chi connectivity index (χ0) is 16.4. The highest BCUT2D eigenvalue weighted by atomic mass is 79.9. The first kappa shape index (κ1) is 15.5. The molecule has 1 heterocycles. The Balaban J connectivity index is 1.87. The van der Waals surface area contributed by atoms with Gasteiger partial charge in [0.15, 0.2) is 0 Å². The highest BCUT2D eigenvalue weighted by Crippen LogP contribution is 2.17. The summed E-state index contributed by atoms with van der Waals surface area (Å²) in [7, 11) is 0. The molecule has 4 nitrogen and oxygen atoms in total. The maximum Gasteiger partial charge on any atom is 0.349 e. The zero-order valence-electron chi connectivity index (χ0n) is 12.4. The second kappa shape index (κ2) is 6.38. The van der Waals surface area contributed by atoms with Gasteiger partial charge < -0.3 is 9.73 Å². The van der Waals surface area contributed by atoms with Gasteiger partial charge in [0.25, 0.3) is 5.91 Å². The Kier molecular flexibility index (Phi) is 4.30. The predicted octanol–water partition coefficient (Wildman–Crippen LogP) is 4.05. The van der Waals surface area contributed by atoms with E-state index in [4.69, 9.17) is 4.42 Å². The molecular formula is C18H14BrNO3. The largest absolute Gasteiger partial charge is 0.422 e. The van der Waals surface area contributed by atoms with Crippen LogP contribution >= 0.6 is 15.9 Å². The first-order chi connectivity index (χ1) is 11.0. The lowest BCUT2D eigenvalue weighted by molar-refractivity contribution is 0.0936. The van der Waals surface area contributed by atoms with Crippen LogP contribution in [0.5, 0.6) is 0 Å². The number of halogens is 1. The number of carbonyl (C=O) groups excluding carboxylic acids is 1. The number of carbonyl (C=O) groups is 1. The minimum absolute atomic E-state index is 0.00709. The molecule has 1 unspecified atom stereocenters. The van der Waals surface area contributed by atoms with Crippen LogP contribution < -0.4 is 10.9 Å². The SMILES string of the molecule is CC(NC(=O)c1cc2ccccc2oc1=O)c1ccc(Br)cc1. The minimum Gasteiger partial charge on any atom is -0.422 e. The highest BCUT2D eigenvalue weighted by molar-refractivity contribution is 9.10. The normalized spacial score (nSPS) is 12.1. The summed E-state index contributed by atoms with van der Waals surface area (Å²) in [5, 5.41) is 3.54. The Labute approximate surface area is 141 Å². The molecule has 0 spiro atoms. The molecule has 0 saturated heterocycles. The molecule has 116 valence electrons. The van der Waals surface area contributed by atoms with Crippen molar-refractivity contribution in [1.29, 1.82) is 0 Å². The van der Waals surface area contributed by atoms with Crippen LogP contribution in [-0.2, 0) is 0 Å². The van der Waals surface area contributed by atoms with Crippen LogP contribution in [0.25, 0.3) is 11.0 Å². The Hall–Kier alpha value is -2.40. The van der Waals surface area contributed by atoms with Gasteiger partial charge in [-0.05, 0) is 36.8 Å². The van der Waals surface area contributed by atoms with Crippen LogP contribution in [0.3, 0.4) is 0 Å². The Morgan fingerprint density at radius 3 is 2.57 bits per heavy atom. The van der Waals surface area contributed by atoms with Crippen molar-refractivity contribution in [1.82, 2.24) is 5.32 Å². The third kappa shape index (κ3) is 3.35. The molecule has 0 fully saturated rings. The summed E-state index contributed by atoms with van der Waals surface area (Å²) in [5.74, 6) is -0.445. The van der Waals surface area contributed by atoms with E-state index in [9.17, 15) is 9.59 Å². The quantitative estimate of drug-likeness (QED) is 0.706. The molecule has 0 bridgehead atoms. The number of benzene rings is 2. The molecule has 2 aromatic carbocycles. The molecule has 0 aliphatic rings. The van der Waals surface area contributed by atoms with Crippen LogP contribution in [0.15, 0.2) is 68.3 Å². The fourth-order valence-corrected chi connectivity index (χ4v) is 2.59. The summed E-state index contributed by atoms with van der Waals surface area (Å²) in [6.45, 7) is 1.86. The van der Waals surface area contributed by atoms with Gasteiger partial charge in [-0.3, -0.25) is 4.79 Å². The van der Waals surface area contributed by atoms with E-state index in [1.165, 1.54) is 0 Å². The van der Waals surface area contributed by atoms with Crippen molar-refractivity contribution in [3.8, 4) is 0 Å². The topological polar surface area (TPSA) is 59.3 Å². The molecule has 1 N–H and O–H groups in total. The summed E-state index contributed by atoms with van der Waals surface area (Å²) >= 11 is 3.37. The molecule has 1 amide bonds. The van der Waals surface area contributed by atoms with E-state index in [0.29, 0.717) is 11.0 Å². The van der Waals surface area contributed by atoms with E-state index >= 15 is 0 Å².